The van der Waals surface area contributed by atoms with Crippen LogP contribution in [0, 0.1) is 0 Å². The summed E-state index contributed by atoms with van der Waals surface area (Å²) in [4.78, 5) is 5.69. The van der Waals surface area contributed by atoms with E-state index in [0.717, 1.165) is 16.0 Å². The minimum Gasteiger partial charge on any atom is -1.00 e. The number of rotatable bonds is 4. The Hall–Kier alpha value is -1.45. The molecule has 1 N–H and O–H groups in total. The largest absolute Gasteiger partial charge is 1.00 e. The molecule has 0 saturated carbocycles. The summed E-state index contributed by atoms with van der Waals surface area (Å²) in [5, 5.41) is 0. The number of benzene rings is 2. The number of sulfone groups is 1. The van der Waals surface area contributed by atoms with Crippen molar-refractivity contribution in [2.75, 3.05) is 11.5 Å². The normalized spacial score (nSPS) is 27.5. The van der Waals surface area contributed by atoms with Gasteiger partial charge in [-0.1, -0.05) is 60.7 Å². The molecule has 2 aromatic rings. The summed E-state index contributed by atoms with van der Waals surface area (Å²) in [5.74, 6) is 0.268. The van der Waals surface area contributed by atoms with Gasteiger partial charge in [0.2, 0.25) is 0 Å². The van der Waals surface area contributed by atoms with E-state index in [-0.39, 0.29) is 47.6 Å². The van der Waals surface area contributed by atoms with Crippen LogP contribution in [0.15, 0.2) is 65.7 Å². The van der Waals surface area contributed by atoms with E-state index in [0.29, 0.717) is 19.1 Å². The Morgan fingerprint density at radius 3 is 2.23 bits per heavy atom. The highest BCUT2D eigenvalue weighted by Gasteiger charge is 2.54. The van der Waals surface area contributed by atoms with Crippen molar-refractivity contribution in [2.45, 2.75) is 25.2 Å². The van der Waals surface area contributed by atoms with Gasteiger partial charge in [0.15, 0.2) is 15.9 Å². The Bertz CT molecular complexity index is 872. The van der Waals surface area contributed by atoms with Crippen molar-refractivity contribution in [3.63, 3.8) is 0 Å². The second-order valence-corrected chi connectivity index (χ2v) is 8.79. The Balaban J connectivity index is 0.00000196. The van der Waals surface area contributed by atoms with Crippen LogP contribution in [0.2, 0.25) is 0 Å². The van der Waals surface area contributed by atoms with Crippen LogP contribution >= 0.6 is 0 Å². The molecule has 26 heavy (non-hydrogen) atoms. The molecule has 0 bridgehead atoms. The van der Waals surface area contributed by atoms with Gasteiger partial charge in [0, 0.05) is 5.56 Å². The summed E-state index contributed by atoms with van der Waals surface area (Å²) in [6, 6.07) is 20.7. The zero-order valence-electron chi connectivity index (χ0n) is 14.2. The fourth-order valence-electron chi connectivity index (χ4n) is 3.54. The number of hydrogen-bond donors (Lipinski definition) is 1. The number of amidine groups is 1. The third-order valence-electron chi connectivity index (χ3n) is 4.77. The monoisotopic (exact) mass is 484 g/mol. The molecule has 7 heteroatoms. The number of nitrogens with one attached hydrogen (secondary N) is 1. The Kier molecular flexibility index (Phi) is 5.99. The van der Waals surface area contributed by atoms with Gasteiger partial charge in [-0.25, -0.2) is 13.3 Å². The van der Waals surface area contributed by atoms with Crippen molar-refractivity contribution in [1.82, 2.24) is 0 Å². The molecular formula is C19H21IN2O3S. The van der Waals surface area contributed by atoms with E-state index in [1.165, 1.54) is 0 Å². The maximum atomic E-state index is 12.0. The first-order valence-electron chi connectivity index (χ1n) is 8.46. The van der Waals surface area contributed by atoms with Gasteiger partial charge in [0.25, 0.3) is 0 Å². The van der Waals surface area contributed by atoms with E-state index in [2.05, 4.69) is 17.1 Å². The number of ether oxygens (including phenoxy) is 1. The first kappa shape index (κ1) is 19.3. The summed E-state index contributed by atoms with van der Waals surface area (Å²) in [6.07, 6.45) is -0.279. The molecular weight excluding hydrogens is 463 g/mol. The highest BCUT2D eigenvalue weighted by Crippen LogP contribution is 2.19. The number of aliphatic imine (C=N–C) groups is 1. The summed E-state index contributed by atoms with van der Waals surface area (Å²) >= 11 is 0. The van der Waals surface area contributed by atoms with E-state index < -0.39 is 9.84 Å². The van der Waals surface area contributed by atoms with Crippen molar-refractivity contribution in [1.29, 1.82) is 0 Å². The molecule has 2 heterocycles. The molecule has 1 unspecified atom stereocenters. The number of quaternary nitrogens is 1. The predicted octanol–water partition coefficient (Wildman–Crippen LogP) is -2.17. The van der Waals surface area contributed by atoms with Crippen molar-refractivity contribution < 1.29 is 42.0 Å². The smallest absolute Gasteiger partial charge is 0.393 e. The average molecular weight is 484 g/mol. The van der Waals surface area contributed by atoms with Crippen molar-refractivity contribution in [3.05, 3.63) is 71.8 Å². The molecule has 0 spiro atoms. The van der Waals surface area contributed by atoms with E-state index in [1.807, 2.05) is 48.5 Å². The third kappa shape index (κ3) is 4.27. The topological polar surface area (TPSA) is 60.2 Å². The van der Waals surface area contributed by atoms with Gasteiger partial charge >= 0.3 is 6.02 Å². The van der Waals surface area contributed by atoms with Crippen LogP contribution in [0.5, 0.6) is 0 Å². The molecule has 2 aliphatic rings. The van der Waals surface area contributed by atoms with Crippen molar-refractivity contribution in [3.8, 4) is 0 Å². The maximum absolute atomic E-state index is 12.0. The van der Waals surface area contributed by atoms with Gasteiger partial charge in [-0.2, -0.15) is 4.99 Å². The van der Waals surface area contributed by atoms with Crippen LogP contribution in [0.4, 0.5) is 0 Å². The van der Waals surface area contributed by atoms with Crippen molar-refractivity contribution >= 4 is 15.9 Å². The molecule has 0 aromatic heterocycles. The van der Waals surface area contributed by atoms with E-state index >= 15 is 0 Å². The zero-order valence-corrected chi connectivity index (χ0v) is 17.2. The highest BCUT2D eigenvalue weighted by atomic mass is 127. The lowest BCUT2D eigenvalue weighted by molar-refractivity contribution is -0.839. The van der Waals surface area contributed by atoms with Crippen LogP contribution in [-0.2, 0) is 27.7 Å². The quantitative estimate of drug-likeness (QED) is 0.503. The molecule has 2 aliphatic heterocycles. The minimum absolute atomic E-state index is 0. The lowest BCUT2D eigenvalue weighted by Gasteiger charge is -2.16. The first-order valence-corrected chi connectivity index (χ1v) is 10.3. The number of fused-ring (bicyclic) bond motifs is 1. The van der Waals surface area contributed by atoms with Crippen LogP contribution < -0.4 is 28.9 Å². The molecule has 2 fully saturated rings. The molecule has 4 rings (SSSR count). The van der Waals surface area contributed by atoms with Gasteiger partial charge < -0.3 is 28.7 Å². The molecule has 0 amide bonds. The summed E-state index contributed by atoms with van der Waals surface area (Å²) < 4.78 is 30.0. The summed E-state index contributed by atoms with van der Waals surface area (Å²) in [7, 11) is -3.02. The Labute approximate surface area is 171 Å². The van der Waals surface area contributed by atoms with Gasteiger partial charge in [0.1, 0.15) is 18.3 Å². The second kappa shape index (κ2) is 8.06. The molecule has 2 saturated heterocycles. The first-order chi connectivity index (χ1) is 12.1. The Morgan fingerprint density at radius 2 is 1.58 bits per heavy atom. The van der Waals surface area contributed by atoms with Crippen molar-refractivity contribution in [2.24, 2.45) is 4.99 Å². The lowest BCUT2D eigenvalue weighted by atomic mass is 10.1. The average Bonchev–Trinajstić information content (AvgIpc) is 3.07. The molecule has 3 atom stereocenters. The second-order valence-electron chi connectivity index (χ2n) is 6.63. The summed E-state index contributed by atoms with van der Waals surface area (Å²) in [5.41, 5.74) is 2.26. The zero-order chi connectivity index (χ0) is 17.3. The molecule has 0 radical (unpaired) electrons. The van der Waals surface area contributed by atoms with Crippen LogP contribution in [-0.4, -0.2) is 38.1 Å². The standard InChI is InChI=1S/C19H20N2O3S.HI/c22-25(23)13-17-18(14-25)24-19(20-11-15-7-3-1-4-8-15)21(17)12-16-9-5-2-6-10-16;/h1-10,17-18H,11-14H2;1H/t17-,18-;/m1./s1. The van der Waals surface area contributed by atoms with Crippen LogP contribution in [0.3, 0.4) is 0 Å². The Morgan fingerprint density at radius 1 is 0.962 bits per heavy atom. The summed E-state index contributed by atoms with van der Waals surface area (Å²) in [6.45, 7) is 1.23. The fourth-order valence-corrected chi connectivity index (χ4v) is 5.44. The molecule has 2 aromatic carbocycles. The predicted molar refractivity (Wildman–Crippen MR) is 96.0 cm³/mol. The van der Waals surface area contributed by atoms with Crippen LogP contribution in [0.25, 0.3) is 0 Å². The lowest BCUT2D eigenvalue weighted by Crippen LogP contribution is -3.15. The molecule has 0 aliphatic carbocycles. The maximum Gasteiger partial charge on any atom is 0.393 e. The van der Waals surface area contributed by atoms with E-state index in [9.17, 15) is 8.42 Å². The third-order valence-corrected chi connectivity index (χ3v) is 6.47. The van der Waals surface area contributed by atoms with Gasteiger partial charge in [-0.05, 0) is 5.56 Å². The SMILES string of the molecule is O=S1(=O)C[C@@H]2[C@@H](C1)OC(=NCc1ccccc1)[NH+]2Cc1ccccc1.[I-]. The number of hydrogen-bond acceptors (Lipinski definition) is 4. The van der Waals surface area contributed by atoms with Crippen LogP contribution in [0.1, 0.15) is 11.1 Å². The number of nitrogens with zero attached hydrogens (tertiary/aromatic N) is 1. The van der Waals surface area contributed by atoms with Gasteiger partial charge in [0.05, 0.1) is 12.3 Å². The number of halogens is 1. The molecule has 5 nitrogen and oxygen atoms in total. The fraction of sp³-hybridized carbons (Fsp3) is 0.316. The van der Waals surface area contributed by atoms with E-state index in [4.69, 9.17) is 4.74 Å². The minimum atomic E-state index is -3.02. The van der Waals surface area contributed by atoms with Gasteiger partial charge in [-0.15, -0.1) is 0 Å². The highest BCUT2D eigenvalue weighted by molar-refractivity contribution is 7.91. The molecule has 138 valence electrons. The van der Waals surface area contributed by atoms with Gasteiger partial charge in [-0.3, -0.25) is 0 Å². The van der Waals surface area contributed by atoms with E-state index in [1.54, 1.807) is 0 Å².